The molecule has 0 radical (unpaired) electrons. The van der Waals surface area contributed by atoms with Gasteiger partial charge in [-0.05, 0) is 25.5 Å². The summed E-state index contributed by atoms with van der Waals surface area (Å²) in [6.07, 6.45) is 0. The first-order chi connectivity index (χ1) is 8.90. The van der Waals surface area contributed by atoms with Crippen LogP contribution in [0.2, 0.25) is 0 Å². The van der Waals surface area contributed by atoms with Gasteiger partial charge in [-0.1, -0.05) is 15.9 Å². The second-order valence-corrected chi connectivity index (χ2v) is 6.30. The lowest BCUT2D eigenvalue weighted by atomic mass is 9.99. The number of benzene rings is 1. The first kappa shape index (κ1) is 14.4. The predicted molar refractivity (Wildman–Crippen MR) is 78.2 cm³/mol. The van der Waals surface area contributed by atoms with E-state index in [1.54, 1.807) is 12.1 Å². The highest BCUT2D eigenvalue weighted by molar-refractivity contribution is 9.10. The van der Waals surface area contributed by atoms with Crippen LogP contribution in [0.4, 0.5) is 5.69 Å². The molecule has 0 amide bonds. The summed E-state index contributed by atoms with van der Waals surface area (Å²) in [5.41, 5.74) is 1.30. The lowest BCUT2D eigenvalue weighted by Crippen LogP contribution is -2.57. The Labute approximate surface area is 121 Å². The SMILES string of the molecule is CC1(C)CNCCN1Cc1ccc([N+](=O)[O-])cc1Br. The second kappa shape index (κ2) is 5.56. The molecule has 6 heteroatoms. The fraction of sp³-hybridized carbons (Fsp3) is 0.538. The molecule has 0 aromatic heterocycles. The van der Waals surface area contributed by atoms with Gasteiger partial charge in [0.15, 0.2) is 0 Å². The summed E-state index contributed by atoms with van der Waals surface area (Å²) in [7, 11) is 0. The highest BCUT2D eigenvalue weighted by atomic mass is 79.9. The number of nitrogens with zero attached hydrogens (tertiary/aromatic N) is 2. The summed E-state index contributed by atoms with van der Waals surface area (Å²) in [5.74, 6) is 0. The summed E-state index contributed by atoms with van der Waals surface area (Å²) in [6, 6.07) is 4.97. The highest BCUT2D eigenvalue weighted by Crippen LogP contribution is 2.27. The largest absolute Gasteiger partial charge is 0.314 e. The number of halogens is 1. The molecule has 1 fully saturated rings. The Hall–Kier alpha value is -0.980. The number of nitro groups is 1. The Morgan fingerprint density at radius 2 is 2.26 bits per heavy atom. The maximum Gasteiger partial charge on any atom is 0.270 e. The van der Waals surface area contributed by atoms with E-state index in [2.05, 4.69) is 40.0 Å². The summed E-state index contributed by atoms with van der Waals surface area (Å²) < 4.78 is 0.802. The molecule has 0 atom stereocenters. The summed E-state index contributed by atoms with van der Waals surface area (Å²) in [5, 5.41) is 14.1. The van der Waals surface area contributed by atoms with E-state index in [9.17, 15) is 10.1 Å². The number of hydrogen-bond acceptors (Lipinski definition) is 4. The number of hydrogen-bond donors (Lipinski definition) is 1. The molecule has 0 spiro atoms. The molecule has 1 aliphatic heterocycles. The van der Waals surface area contributed by atoms with Crippen LogP contribution < -0.4 is 5.32 Å². The first-order valence-corrected chi connectivity index (χ1v) is 7.08. The molecule has 104 valence electrons. The minimum absolute atomic E-state index is 0.0967. The number of rotatable bonds is 3. The Bertz CT molecular complexity index is 491. The highest BCUT2D eigenvalue weighted by Gasteiger charge is 2.29. The van der Waals surface area contributed by atoms with Gasteiger partial charge < -0.3 is 5.32 Å². The Morgan fingerprint density at radius 3 is 2.84 bits per heavy atom. The molecule has 5 nitrogen and oxygen atoms in total. The van der Waals surface area contributed by atoms with E-state index in [1.165, 1.54) is 0 Å². The molecule has 0 unspecified atom stereocenters. The van der Waals surface area contributed by atoms with Crippen molar-refractivity contribution in [2.24, 2.45) is 0 Å². The van der Waals surface area contributed by atoms with Gasteiger partial charge in [-0.3, -0.25) is 15.0 Å². The van der Waals surface area contributed by atoms with Gasteiger partial charge in [-0.15, -0.1) is 0 Å². The molecule has 1 saturated heterocycles. The Balaban J connectivity index is 2.17. The lowest BCUT2D eigenvalue weighted by Gasteiger charge is -2.43. The van der Waals surface area contributed by atoms with Crippen molar-refractivity contribution in [1.29, 1.82) is 0 Å². The zero-order valence-corrected chi connectivity index (χ0v) is 12.7. The van der Waals surface area contributed by atoms with Crippen molar-refractivity contribution in [3.05, 3.63) is 38.3 Å². The van der Waals surface area contributed by atoms with Gasteiger partial charge in [0.2, 0.25) is 0 Å². The van der Waals surface area contributed by atoms with E-state index in [1.807, 2.05) is 6.07 Å². The summed E-state index contributed by atoms with van der Waals surface area (Å²) in [4.78, 5) is 12.8. The molecule has 1 heterocycles. The van der Waals surface area contributed by atoms with Crippen LogP contribution in [0, 0.1) is 10.1 Å². The van der Waals surface area contributed by atoms with Gasteiger partial charge in [0.05, 0.1) is 4.92 Å². The molecule has 1 aromatic carbocycles. The van der Waals surface area contributed by atoms with Gasteiger partial charge in [-0.2, -0.15) is 0 Å². The molecule has 1 aliphatic rings. The monoisotopic (exact) mass is 327 g/mol. The van der Waals surface area contributed by atoms with Crippen molar-refractivity contribution in [2.45, 2.75) is 25.9 Å². The van der Waals surface area contributed by atoms with E-state index in [0.717, 1.165) is 36.2 Å². The quantitative estimate of drug-likeness (QED) is 0.684. The second-order valence-electron chi connectivity index (χ2n) is 5.44. The van der Waals surface area contributed by atoms with Crippen LogP contribution in [0.3, 0.4) is 0 Å². The van der Waals surface area contributed by atoms with Crippen LogP contribution in [0.25, 0.3) is 0 Å². The molecule has 19 heavy (non-hydrogen) atoms. The molecule has 2 rings (SSSR count). The van der Waals surface area contributed by atoms with Crippen molar-refractivity contribution < 1.29 is 4.92 Å². The third-order valence-electron chi connectivity index (χ3n) is 3.58. The molecular formula is C13H18BrN3O2. The summed E-state index contributed by atoms with van der Waals surface area (Å²) >= 11 is 3.43. The van der Waals surface area contributed by atoms with E-state index in [-0.39, 0.29) is 16.1 Å². The van der Waals surface area contributed by atoms with Gasteiger partial charge in [0.25, 0.3) is 5.69 Å². The van der Waals surface area contributed by atoms with E-state index >= 15 is 0 Å². The number of piperazine rings is 1. The fourth-order valence-electron chi connectivity index (χ4n) is 2.30. The average molecular weight is 328 g/mol. The van der Waals surface area contributed by atoms with Crippen LogP contribution in [-0.2, 0) is 6.54 Å². The number of non-ortho nitro benzene ring substituents is 1. The van der Waals surface area contributed by atoms with Gasteiger partial charge in [0, 0.05) is 48.3 Å². The molecule has 1 N–H and O–H groups in total. The third-order valence-corrected chi connectivity index (χ3v) is 4.32. The Kier molecular flexibility index (Phi) is 4.23. The van der Waals surface area contributed by atoms with Crippen molar-refractivity contribution in [1.82, 2.24) is 10.2 Å². The maximum atomic E-state index is 10.7. The van der Waals surface area contributed by atoms with Gasteiger partial charge in [-0.25, -0.2) is 0 Å². The smallest absolute Gasteiger partial charge is 0.270 e. The zero-order valence-electron chi connectivity index (χ0n) is 11.1. The standard InChI is InChI=1S/C13H18BrN3O2/c1-13(2)9-15-5-6-16(13)8-10-3-4-11(17(18)19)7-12(10)14/h3-4,7,15H,5-6,8-9H2,1-2H3. The van der Waals surface area contributed by atoms with E-state index in [0.29, 0.717) is 0 Å². The molecule has 0 saturated carbocycles. The number of nitrogens with one attached hydrogen (secondary N) is 1. The molecular weight excluding hydrogens is 310 g/mol. The minimum Gasteiger partial charge on any atom is -0.314 e. The minimum atomic E-state index is -0.372. The summed E-state index contributed by atoms with van der Waals surface area (Å²) in [6.45, 7) is 8.13. The normalized spacial score (nSPS) is 19.3. The van der Waals surface area contributed by atoms with Gasteiger partial charge >= 0.3 is 0 Å². The van der Waals surface area contributed by atoms with Crippen LogP contribution in [0.15, 0.2) is 22.7 Å². The molecule has 1 aromatic rings. The van der Waals surface area contributed by atoms with Crippen molar-refractivity contribution >= 4 is 21.6 Å². The van der Waals surface area contributed by atoms with Crippen LogP contribution in [0.1, 0.15) is 19.4 Å². The molecule has 0 aliphatic carbocycles. The zero-order chi connectivity index (χ0) is 14.0. The first-order valence-electron chi connectivity index (χ1n) is 6.29. The van der Waals surface area contributed by atoms with Crippen molar-refractivity contribution in [3.8, 4) is 0 Å². The maximum absolute atomic E-state index is 10.7. The van der Waals surface area contributed by atoms with Crippen LogP contribution >= 0.6 is 15.9 Å². The van der Waals surface area contributed by atoms with Crippen molar-refractivity contribution in [3.63, 3.8) is 0 Å². The fourth-order valence-corrected chi connectivity index (χ4v) is 2.79. The van der Waals surface area contributed by atoms with Crippen LogP contribution in [-0.4, -0.2) is 35.0 Å². The third kappa shape index (κ3) is 3.32. The van der Waals surface area contributed by atoms with Gasteiger partial charge in [0.1, 0.15) is 0 Å². The van der Waals surface area contributed by atoms with Crippen LogP contribution in [0.5, 0.6) is 0 Å². The molecule has 0 bridgehead atoms. The average Bonchev–Trinajstić information content (AvgIpc) is 2.33. The number of nitro benzene ring substituents is 1. The topological polar surface area (TPSA) is 58.4 Å². The van der Waals surface area contributed by atoms with E-state index < -0.39 is 0 Å². The Morgan fingerprint density at radius 1 is 1.53 bits per heavy atom. The lowest BCUT2D eigenvalue weighted by molar-refractivity contribution is -0.384. The van der Waals surface area contributed by atoms with Crippen molar-refractivity contribution in [2.75, 3.05) is 19.6 Å². The predicted octanol–water partition coefficient (Wildman–Crippen LogP) is 2.54. The van der Waals surface area contributed by atoms with E-state index in [4.69, 9.17) is 0 Å².